The van der Waals surface area contributed by atoms with Crippen LogP contribution in [0.4, 0.5) is 10.3 Å². The molecule has 0 saturated heterocycles. The second-order valence-electron chi connectivity index (χ2n) is 4.59. The minimum Gasteiger partial charge on any atom is -0.366 e. The SMILES string of the molecule is CC1=C(C(N)=O)C(c2c(F)cccc2Cl)n2ncnc2N1. The van der Waals surface area contributed by atoms with Crippen LogP contribution < -0.4 is 11.1 Å². The summed E-state index contributed by atoms with van der Waals surface area (Å²) >= 11 is 6.12. The number of nitrogens with one attached hydrogen (secondary N) is 1. The first kappa shape index (κ1) is 13.6. The van der Waals surface area contributed by atoms with Gasteiger partial charge in [-0.25, -0.2) is 9.07 Å². The van der Waals surface area contributed by atoms with E-state index in [1.165, 1.54) is 23.1 Å². The fraction of sp³-hybridized carbons (Fsp3) is 0.154. The minimum absolute atomic E-state index is 0.139. The molecule has 1 unspecified atom stereocenters. The Hall–Kier alpha value is -2.41. The Morgan fingerprint density at radius 2 is 2.29 bits per heavy atom. The Morgan fingerprint density at radius 1 is 1.52 bits per heavy atom. The number of nitrogens with zero attached hydrogens (tertiary/aromatic N) is 3. The Bertz CT molecular complexity index is 749. The lowest BCUT2D eigenvalue weighted by Gasteiger charge is -2.28. The van der Waals surface area contributed by atoms with Gasteiger partial charge in [0.05, 0.1) is 5.57 Å². The number of carbonyl (C=O) groups is 1. The molecule has 108 valence electrons. The average molecular weight is 308 g/mol. The molecular weight excluding hydrogens is 297 g/mol. The molecule has 1 aliphatic heterocycles. The van der Waals surface area contributed by atoms with Gasteiger partial charge in [0.25, 0.3) is 0 Å². The smallest absolute Gasteiger partial charge is 0.248 e. The van der Waals surface area contributed by atoms with Gasteiger partial charge in [0.1, 0.15) is 18.2 Å². The maximum absolute atomic E-state index is 14.3. The molecule has 2 heterocycles. The van der Waals surface area contributed by atoms with E-state index in [1.807, 2.05) is 0 Å². The summed E-state index contributed by atoms with van der Waals surface area (Å²) in [6.07, 6.45) is 1.31. The van der Waals surface area contributed by atoms with Gasteiger partial charge in [-0.15, -0.1) is 0 Å². The molecule has 1 atom stereocenters. The van der Waals surface area contributed by atoms with Crippen molar-refractivity contribution in [1.82, 2.24) is 14.8 Å². The van der Waals surface area contributed by atoms with Gasteiger partial charge in [-0.3, -0.25) is 4.79 Å². The topological polar surface area (TPSA) is 85.8 Å². The summed E-state index contributed by atoms with van der Waals surface area (Å²) in [5.41, 5.74) is 6.27. The van der Waals surface area contributed by atoms with Crippen molar-refractivity contribution in [2.24, 2.45) is 5.73 Å². The number of allylic oxidation sites excluding steroid dienone is 1. The van der Waals surface area contributed by atoms with Gasteiger partial charge in [0.2, 0.25) is 11.9 Å². The van der Waals surface area contributed by atoms with Crippen LogP contribution >= 0.6 is 11.6 Å². The number of fused-ring (bicyclic) bond motifs is 1. The standard InChI is InChI=1S/C13H11ClFN5O/c1-6-9(12(16)21)11(20-13(19-6)17-5-18-20)10-7(14)3-2-4-8(10)15/h2-5,11H,1H3,(H2,16,21)(H,17,18,19). The number of hydrogen-bond donors (Lipinski definition) is 2. The van der Waals surface area contributed by atoms with Crippen molar-refractivity contribution in [2.75, 3.05) is 5.32 Å². The first-order chi connectivity index (χ1) is 10.0. The van der Waals surface area contributed by atoms with Gasteiger partial charge >= 0.3 is 0 Å². The molecule has 0 radical (unpaired) electrons. The van der Waals surface area contributed by atoms with Crippen LogP contribution in [0.2, 0.25) is 5.02 Å². The van der Waals surface area contributed by atoms with Crippen molar-refractivity contribution < 1.29 is 9.18 Å². The highest BCUT2D eigenvalue weighted by atomic mass is 35.5. The fourth-order valence-electron chi connectivity index (χ4n) is 2.45. The molecule has 3 rings (SSSR count). The van der Waals surface area contributed by atoms with Crippen LogP contribution in [0.1, 0.15) is 18.5 Å². The zero-order valence-electron chi connectivity index (χ0n) is 11.0. The number of aromatic nitrogens is 3. The highest BCUT2D eigenvalue weighted by Gasteiger charge is 2.35. The molecule has 3 N–H and O–H groups in total. The summed E-state index contributed by atoms with van der Waals surface area (Å²) in [7, 11) is 0. The predicted octanol–water partition coefficient (Wildman–Crippen LogP) is 1.84. The van der Waals surface area contributed by atoms with Crippen LogP contribution in [0.3, 0.4) is 0 Å². The number of nitrogens with two attached hydrogens (primary N) is 1. The highest BCUT2D eigenvalue weighted by Crippen LogP contribution is 2.38. The van der Waals surface area contributed by atoms with Crippen molar-refractivity contribution in [3.05, 3.63) is 52.2 Å². The monoisotopic (exact) mass is 307 g/mol. The number of primary amides is 1. The number of benzene rings is 1. The third-order valence-electron chi connectivity index (χ3n) is 3.33. The lowest BCUT2D eigenvalue weighted by molar-refractivity contribution is -0.115. The van der Waals surface area contributed by atoms with Gasteiger partial charge in [-0.2, -0.15) is 10.1 Å². The van der Waals surface area contributed by atoms with E-state index in [0.717, 1.165) is 0 Å². The van der Waals surface area contributed by atoms with Crippen molar-refractivity contribution in [3.63, 3.8) is 0 Å². The van der Waals surface area contributed by atoms with Gasteiger partial charge in [0, 0.05) is 16.3 Å². The molecule has 1 aliphatic rings. The molecule has 6 nitrogen and oxygen atoms in total. The Labute approximate surface area is 124 Å². The molecule has 1 aromatic heterocycles. The van der Waals surface area contributed by atoms with E-state index in [4.69, 9.17) is 17.3 Å². The number of amides is 1. The number of rotatable bonds is 2. The molecule has 1 aromatic carbocycles. The van der Waals surface area contributed by atoms with Gasteiger partial charge in [-0.05, 0) is 19.1 Å². The fourth-order valence-corrected chi connectivity index (χ4v) is 2.72. The normalized spacial score (nSPS) is 17.4. The van der Waals surface area contributed by atoms with Crippen molar-refractivity contribution in [3.8, 4) is 0 Å². The maximum atomic E-state index is 14.3. The molecule has 8 heteroatoms. The first-order valence-electron chi connectivity index (χ1n) is 6.11. The first-order valence-corrected chi connectivity index (χ1v) is 6.49. The lowest BCUT2D eigenvalue weighted by Crippen LogP contribution is -2.32. The van der Waals surface area contributed by atoms with Crippen molar-refractivity contribution >= 4 is 23.5 Å². The third-order valence-corrected chi connectivity index (χ3v) is 3.66. The van der Waals surface area contributed by atoms with Crippen LogP contribution in [-0.2, 0) is 4.79 Å². The van der Waals surface area contributed by atoms with E-state index in [2.05, 4.69) is 15.4 Å². The third kappa shape index (κ3) is 2.06. The molecule has 2 aromatic rings. The largest absolute Gasteiger partial charge is 0.366 e. The quantitative estimate of drug-likeness (QED) is 0.886. The summed E-state index contributed by atoms with van der Waals surface area (Å²) < 4.78 is 15.6. The van der Waals surface area contributed by atoms with E-state index in [1.54, 1.807) is 13.0 Å². The highest BCUT2D eigenvalue weighted by molar-refractivity contribution is 6.31. The van der Waals surface area contributed by atoms with Gasteiger partial charge < -0.3 is 11.1 Å². The zero-order chi connectivity index (χ0) is 15.1. The summed E-state index contributed by atoms with van der Waals surface area (Å²) in [5.74, 6) is -0.824. The van der Waals surface area contributed by atoms with Gasteiger partial charge in [0.15, 0.2) is 0 Å². The molecule has 0 spiro atoms. The number of halogens is 2. The Morgan fingerprint density at radius 3 is 2.95 bits per heavy atom. The van der Waals surface area contributed by atoms with E-state index < -0.39 is 17.8 Å². The predicted molar refractivity (Wildman–Crippen MR) is 75.1 cm³/mol. The molecule has 0 fully saturated rings. The molecule has 0 aliphatic carbocycles. The lowest BCUT2D eigenvalue weighted by atomic mass is 9.95. The molecular formula is C13H11ClFN5O. The molecule has 21 heavy (non-hydrogen) atoms. The van der Waals surface area contributed by atoms with Gasteiger partial charge in [-0.1, -0.05) is 17.7 Å². The van der Waals surface area contributed by atoms with E-state index >= 15 is 0 Å². The Balaban J connectivity index is 2.30. The summed E-state index contributed by atoms with van der Waals surface area (Å²) in [6.45, 7) is 1.67. The number of hydrogen-bond acceptors (Lipinski definition) is 4. The van der Waals surface area contributed by atoms with Crippen LogP contribution in [0.25, 0.3) is 0 Å². The van der Waals surface area contributed by atoms with E-state index in [9.17, 15) is 9.18 Å². The molecule has 1 amide bonds. The molecule has 0 saturated carbocycles. The maximum Gasteiger partial charge on any atom is 0.248 e. The number of carbonyl (C=O) groups excluding carboxylic acids is 1. The Kier molecular flexibility index (Phi) is 3.13. The summed E-state index contributed by atoms with van der Waals surface area (Å²) in [5, 5.41) is 7.14. The summed E-state index contributed by atoms with van der Waals surface area (Å²) in [6, 6.07) is 3.46. The average Bonchev–Trinajstić information content (AvgIpc) is 2.85. The number of anilines is 1. The van der Waals surface area contributed by atoms with E-state index in [-0.39, 0.29) is 16.2 Å². The van der Waals surface area contributed by atoms with E-state index in [0.29, 0.717) is 11.6 Å². The summed E-state index contributed by atoms with van der Waals surface area (Å²) in [4.78, 5) is 15.8. The van der Waals surface area contributed by atoms with Crippen molar-refractivity contribution in [2.45, 2.75) is 13.0 Å². The van der Waals surface area contributed by atoms with Crippen molar-refractivity contribution in [1.29, 1.82) is 0 Å². The second kappa shape index (κ2) is 4.85. The van der Waals surface area contributed by atoms with Crippen LogP contribution in [0.15, 0.2) is 35.8 Å². The zero-order valence-corrected chi connectivity index (χ0v) is 11.7. The minimum atomic E-state index is -0.852. The van der Waals surface area contributed by atoms with Crippen LogP contribution in [-0.4, -0.2) is 20.7 Å². The molecule has 0 bridgehead atoms. The second-order valence-corrected chi connectivity index (χ2v) is 5.00. The van der Waals surface area contributed by atoms with Crippen LogP contribution in [0, 0.1) is 5.82 Å². The van der Waals surface area contributed by atoms with Crippen LogP contribution in [0.5, 0.6) is 0 Å².